The molecule has 0 aliphatic heterocycles. The van der Waals surface area contributed by atoms with Crippen molar-refractivity contribution in [2.24, 2.45) is 5.92 Å². The van der Waals surface area contributed by atoms with Crippen LogP contribution in [0.3, 0.4) is 0 Å². The number of benzene rings is 2. The Kier molecular flexibility index (Phi) is 9.99. The molecule has 2 aromatic carbocycles. The third kappa shape index (κ3) is 7.36. The molecule has 2 amide bonds. The highest BCUT2D eigenvalue weighted by Crippen LogP contribution is 2.34. The second kappa shape index (κ2) is 12.9. The van der Waals surface area contributed by atoms with Gasteiger partial charge in [-0.3, -0.25) is 9.59 Å². The first-order valence-electron chi connectivity index (χ1n) is 12.5. The topological polar surface area (TPSA) is 67.9 Å². The molecule has 2 aromatic rings. The van der Waals surface area contributed by atoms with Gasteiger partial charge in [0.1, 0.15) is 17.7 Å². The Hall–Kier alpha value is -2.80. The lowest BCUT2D eigenvalue weighted by Gasteiger charge is -2.34. The Morgan fingerprint density at radius 3 is 2.33 bits per heavy atom. The van der Waals surface area contributed by atoms with Crippen LogP contribution in [0.4, 0.5) is 4.39 Å². The zero-order valence-corrected chi connectivity index (χ0v) is 22.2. The van der Waals surface area contributed by atoms with Crippen LogP contribution in [-0.2, 0) is 16.1 Å². The predicted octanol–water partition coefficient (Wildman–Crippen LogP) is 5.63. The van der Waals surface area contributed by atoms with E-state index in [4.69, 9.17) is 21.1 Å². The van der Waals surface area contributed by atoms with Gasteiger partial charge in [0.2, 0.25) is 11.8 Å². The molecule has 0 aromatic heterocycles. The van der Waals surface area contributed by atoms with E-state index >= 15 is 0 Å². The summed E-state index contributed by atoms with van der Waals surface area (Å²) in [5.74, 6) is 0.294. The zero-order chi connectivity index (χ0) is 26.2. The lowest BCUT2D eigenvalue weighted by Crippen LogP contribution is -2.47. The number of methoxy groups -OCH3 is 1. The van der Waals surface area contributed by atoms with E-state index in [2.05, 4.69) is 12.2 Å². The summed E-state index contributed by atoms with van der Waals surface area (Å²) >= 11 is 6.00. The van der Waals surface area contributed by atoms with Crippen LogP contribution in [0.5, 0.6) is 11.5 Å². The van der Waals surface area contributed by atoms with Gasteiger partial charge in [-0.25, -0.2) is 4.39 Å². The van der Waals surface area contributed by atoms with Crippen molar-refractivity contribution in [3.63, 3.8) is 0 Å². The fourth-order valence-electron chi connectivity index (χ4n) is 4.55. The highest BCUT2D eigenvalue weighted by molar-refractivity contribution is 6.27. The molecule has 1 aliphatic carbocycles. The number of ether oxygens (including phenoxy) is 2. The van der Waals surface area contributed by atoms with Gasteiger partial charge < -0.3 is 19.7 Å². The smallest absolute Gasteiger partial charge is 0.247 e. The van der Waals surface area contributed by atoms with Crippen molar-refractivity contribution in [3.8, 4) is 11.5 Å². The maximum Gasteiger partial charge on any atom is 0.247 e. The molecule has 0 spiro atoms. The van der Waals surface area contributed by atoms with Crippen LogP contribution in [0.1, 0.15) is 63.6 Å². The van der Waals surface area contributed by atoms with Gasteiger partial charge >= 0.3 is 0 Å². The largest absolute Gasteiger partial charge is 0.493 e. The molecule has 0 bridgehead atoms. The fourth-order valence-corrected chi connectivity index (χ4v) is 4.70. The van der Waals surface area contributed by atoms with Crippen LogP contribution in [0.2, 0.25) is 0 Å². The number of hydrogen-bond donors (Lipinski definition) is 1. The highest BCUT2D eigenvalue weighted by Gasteiger charge is 2.33. The third-order valence-corrected chi connectivity index (χ3v) is 6.72. The number of nitrogens with one attached hydrogen (secondary N) is 1. The molecule has 1 saturated carbocycles. The number of carbonyl (C=O) groups excluding carboxylic acids is 2. The van der Waals surface area contributed by atoms with E-state index in [0.717, 1.165) is 25.7 Å². The number of rotatable bonds is 10. The summed E-state index contributed by atoms with van der Waals surface area (Å²) in [4.78, 5) is 28.3. The van der Waals surface area contributed by atoms with Gasteiger partial charge in [-0.05, 0) is 80.8 Å². The number of halogens is 2. The van der Waals surface area contributed by atoms with Gasteiger partial charge in [0.05, 0.1) is 13.2 Å². The highest BCUT2D eigenvalue weighted by atomic mass is 35.5. The maximum atomic E-state index is 13.8. The van der Waals surface area contributed by atoms with Gasteiger partial charge in [0.25, 0.3) is 0 Å². The molecule has 1 atom stereocenters. The SMILES string of the molecule is COc1cc([C@H](C(=O)NC2CCC(C)CC2)N(Cc2ccc(F)cc2)C(=O)CCl)ccc1OC(C)C. The van der Waals surface area contributed by atoms with E-state index in [1.54, 1.807) is 30.3 Å². The van der Waals surface area contributed by atoms with Crippen LogP contribution >= 0.6 is 11.6 Å². The van der Waals surface area contributed by atoms with Crippen LogP contribution < -0.4 is 14.8 Å². The van der Waals surface area contributed by atoms with Crippen LogP contribution in [0.15, 0.2) is 42.5 Å². The number of nitrogens with zero attached hydrogens (tertiary/aromatic N) is 1. The van der Waals surface area contributed by atoms with E-state index in [-0.39, 0.29) is 36.3 Å². The Morgan fingerprint density at radius 2 is 1.75 bits per heavy atom. The first-order valence-corrected chi connectivity index (χ1v) is 13.0. The molecular weight excluding hydrogens is 483 g/mol. The first-order chi connectivity index (χ1) is 17.2. The van der Waals surface area contributed by atoms with Crippen molar-refractivity contribution in [1.29, 1.82) is 0 Å². The van der Waals surface area contributed by atoms with E-state index in [1.165, 1.54) is 24.1 Å². The molecule has 0 saturated heterocycles. The minimum Gasteiger partial charge on any atom is -0.493 e. The fraction of sp³-hybridized carbons (Fsp3) is 0.500. The first kappa shape index (κ1) is 27.8. The zero-order valence-electron chi connectivity index (χ0n) is 21.4. The van der Waals surface area contributed by atoms with Crippen molar-refractivity contribution >= 4 is 23.4 Å². The van der Waals surface area contributed by atoms with Crippen molar-refractivity contribution in [1.82, 2.24) is 10.2 Å². The van der Waals surface area contributed by atoms with Gasteiger partial charge in [-0.2, -0.15) is 0 Å². The predicted molar refractivity (Wildman–Crippen MR) is 139 cm³/mol. The third-order valence-electron chi connectivity index (χ3n) is 6.49. The summed E-state index contributed by atoms with van der Waals surface area (Å²) < 4.78 is 24.9. The minimum absolute atomic E-state index is 0.0421. The van der Waals surface area contributed by atoms with E-state index < -0.39 is 11.9 Å². The summed E-state index contributed by atoms with van der Waals surface area (Å²) in [6.07, 6.45) is 3.82. The van der Waals surface area contributed by atoms with Crippen molar-refractivity contribution < 1.29 is 23.5 Å². The van der Waals surface area contributed by atoms with Crippen molar-refractivity contribution in [2.45, 2.75) is 71.2 Å². The van der Waals surface area contributed by atoms with Gasteiger partial charge in [-0.1, -0.05) is 25.1 Å². The van der Waals surface area contributed by atoms with Crippen LogP contribution in [0.25, 0.3) is 0 Å². The Bertz CT molecular complexity index is 1020. The average molecular weight is 519 g/mol. The molecule has 1 fully saturated rings. The summed E-state index contributed by atoms with van der Waals surface area (Å²) in [5.41, 5.74) is 1.26. The molecular formula is C28H36ClFN2O4. The molecule has 0 radical (unpaired) electrons. The standard InChI is InChI=1S/C28H36ClFN2O4/c1-18(2)36-24-14-9-21(15-25(24)35-4)27(28(34)31-23-12-5-19(3)6-13-23)32(26(33)16-29)17-20-7-10-22(30)11-8-20/h7-11,14-15,18-19,23,27H,5-6,12-13,16-17H2,1-4H3,(H,31,34)/t19?,23?,27-/m1/s1. The van der Waals surface area contributed by atoms with Crippen LogP contribution in [0, 0.1) is 11.7 Å². The van der Waals surface area contributed by atoms with Gasteiger partial charge in [-0.15, -0.1) is 11.6 Å². The molecule has 3 rings (SSSR count). The van der Waals surface area contributed by atoms with E-state index in [9.17, 15) is 14.0 Å². The molecule has 8 heteroatoms. The number of amides is 2. The summed E-state index contributed by atoms with van der Waals surface area (Å²) in [6.45, 7) is 6.14. The van der Waals surface area contributed by atoms with Gasteiger partial charge in [0.15, 0.2) is 11.5 Å². The molecule has 196 valence electrons. The quantitative estimate of drug-likeness (QED) is 0.414. The molecule has 0 heterocycles. The monoisotopic (exact) mass is 518 g/mol. The molecule has 0 unspecified atom stereocenters. The Morgan fingerprint density at radius 1 is 1.08 bits per heavy atom. The Balaban J connectivity index is 2.00. The Labute approximate surface area is 218 Å². The normalized spacial score (nSPS) is 18.4. The lowest BCUT2D eigenvalue weighted by atomic mass is 9.87. The lowest BCUT2D eigenvalue weighted by molar-refractivity contribution is -0.140. The van der Waals surface area contributed by atoms with E-state index in [0.29, 0.717) is 28.5 Å². The minimum atomic E-state index is -0.956. The van der Waals surface area contributed by atoms with Crippen LogP contribution in [-0.4, -0.2) is 41.8 Å². The van der Waals surface area contributed by atoms with E-state index in [1.807, 2.05) is 13.8 Å². The van der Waals surface area contributed by atoms with Gasteiger partial charge in [0, 0.05) is 12.6 Å². The molecule has 6 nitrogen and oxygen atoms in total. The second-order valence-electron chi connectivity index (χ2n) is 9.73. The summed E-state index contributed by atoms with van der Waals surface area (Å²) in [5, 5.41) is 3.17. The number of carbonyl (C=O) groups is 2. The second-order valence-corrected chi connectivity index (χ2v) is 9.99. The van der Waals surface area contributed by atoms with Crippen molar-refractivity contribution in [2.75, 3.05) is 13.0 Å². The molecule has 1 aliphatic rings. The van der Waals surface area contributed by atoms with Crippen molar-refractivity contribution in [3.05, 3.63) is 59.4 Å². The number of hydrogen-bond acceptors (Lipinski definition) is 4. The average Bonchev–Trinajstić information content (AvgIpc) is 2.86. The summed E-state index contributed by atoms with van der Waals surface area (Å²) in [7, 11) is 1.53. The number of alkyl halides is 1. The molecule has 36 heavy (non-hydrogen) atoms. The molecule has 1 N–H and O–H groups in total. The maximum absolute atomic E-state index is 13.8. The summed E-state index contributed by atoms with van der Waals surface area (Å²) in [6, 6.07) is 10.2.